The minimum atomic E-state index is -0.914. The summed E-state index contributed by atoms with van der Waals surface area (Å²) in [5.41, 5.74) is 0.283. The van der Waals surface area contributed by atoms with E-state index in [1.165, 1.54) is 6.07 Å². The largest absolute Gasteiger partial charge is 0.478 e. The van der Waals surface area contributed by atoms with Gasteiger partial charge in [-0.3, -0.25) is 0 Å². The molecule has 18 heavy (non-hydrogen) atoms. The van der Waals surface area contributed by atoms with Crippen molar-refractivity contribution in [2.24, 2.45) is 0 Å². The molecule has 0 radical (unpaired) electrons. The normalized spacial score (nSPS) is 10.7. The maximum absolute atomic E-state index is 10.9. The molecule has 5 heteroatoms. The van der Waals surface area contributed by atoms with Gasteiger partial charge in [0.2, 0.25) is 0 Å². The lowest BCUT2D eigenvalue weighted by Crippen LogP contribution is -2.27. The quantitative estimate of drug-likeness (QED) is 0.797. The predicted octanol–water partition coefficient (Wildman–Crippen LogP) is 1.56. The first-order valence-corrected chi connectivity index (χ1v) is 6.13. The number of hydrogen-bond donors (Lipinski definition) is 1. The van der Waals surface area contributed by atoms with Crippen molar-refractivity contribution in [2.75, 3.05) is 38.6 Å². The Morgan fingerprint density at radius 3 is 2.67 bits per heavy atom. The number of aromatic nitrogens is 1. The van der Waals surface area contributed by atoms with E-state index in [-0.39, 0.29) is 5.56 Å². The first-order valence-electron chi connectivity index (χ1n) is 6.13. The molecule has 0 aromatic carbocycles. The highest BCUT2D eigenvalue weighted by Gasteiger charge is 2.09. The highest BCUT2D eigenvalue weighted by molar-refractivity contribution is 5.88. The first-order chi connectivity index (χ1) is 8.54. The molecular weight excluding hydrogens is 230 g/mol. The summed E-state index contributed by atoms with van der Waals surface area (Å²) in [6, 6.07) is 3.14. The Hall–Kier alpha value is -1.62. The van der Waals surface area contributed by atoms with E-state index in [0.717, 1.165) is 31.9 Å². The molecule has 0 spiro atoms. The Bertz CT molecular complexity index is 394. The first kappa shape index (κ1) is 14.4. The Morgan fingerprint density at radius 2 is 2.11 bits per heavy atom. The van der Waals surface area contributed by atoms with E-state index in [1.54, 1.807) is 12.3 Å². The average molecular weight is 251 g/mol. The summed E-state index contributed by atoms with van der Waals surface area (Å²) in [5.74, 6) is -0.181. The number of carboxylic acids is 1. The summed E-state index contributed by atoms with van der Waals surface area (Å²) < 4.78 is 0. The molecular formula is C13H21N3O2. The molecule has 0 aliphatic heterocycles. The second kappa shape index (κ2) is 6.96. The molecule has 0 saturated carbocycles. The zero-order valence-corrected chi connectivity index (χ0v) is 11.3. The Balaban J connectivity index is 2.69. The molecule has 1 aromatic heterocycles. The summed E-state index contributed by atoms with van der Waals surface area (Å²) in [7, 11) is 4.08. The van der Waals surface area contributed by atoms with Crippen LogP contribution in [-0.4, -0.2) is 54.7 Å². The number of nitrogens with zero attached hydrogens (tertiary/aromatic N) is 3. The minimum absolute atomic E-state index is 0.283. The topological polar surface area (TPSA) is 56.7 Å². The van der Waals surface area contributed by atoms with Crippen LogP contribution in [-0.2, 0) is 0 Å². The van der Waals surface area contributed by atoms with E-state index in [9.17, 15) is 4.79 Å². The number of hydrogen-bond acceptors (Lipinski definition) is 4. The second-order valence-electron chi connectivity index (χ2n) is 4.44. The number of carbonyl (C=O) groups is 1. The molecule has 5 nitrogen and oxygen atoms in total. The van der Waals surface area contributed by atoms with Crippen molar-refractivity contribution in [3.05, 3.63) is 23.9 Å². The number of rotatable bonds is 7. The van der Waals surface area contributed by atoms with Gasteiger partial charge in [0, 0.05) is 19.3 Å². The zero-order valence-electron chi connectivity index (χ0n) is 11.3. The molecule has 1 aromatic rings. The molecule has 0 unspecified atom stereocenters. The van der Waals surface area contributed by atoms with Crippen molar-refractivity contribution in [1.82, 2.24) is 9.88 Å². The lowest BCUT2D eigenvalue weighted by molar-refractivity contribution is 0.0697. The molecule has 0 saturated heterocycles. The maximum Gasteiger partial charge on any atom is 0.335 e. The van der Waals surface area contributed by atoms with E-state index in [2.05, 4.69) is 14.8 Å². The third-order valence-corrected chi connectivity index (χ3v) is 2.73. The molecule has 0 bridgehead atoms. The molecule has 100 valence electrons. The highest BCUT2D eigenvalue weighted by atomic mass is 16.4. The third-order valence-electron chi connectivity index (χ3n) is 2.73. The van der Waals surface area contributed by atoms with E-state index >= 15 is 0 Å². The summed E-state index contributed by atoms with van der Waals surface area (Å²) in [6.07, 6.45) is 2.58. The molecule has 1 heterocycles. The van der Waals surface area contributed by atoms with Crippen molar-refractivity contribution in [1.29, 1.82) is 0 Å². The highest BCUT2D eigenvalue weighted by Crippen LogP contribution is 2.13. The Morgan fingerprint density at radius 1 is 1.39 bits per heavy atom. The molecule has 0 atom stereocenters. The van der Waals surface area contributed by atoms with Gasteiger partial charge >= 0.3 is 5.97 Å². The van der Waals surface area contributed by atoms with Gasteiger partial charge in [0.25, 0.3) is 0 Å². The summed E-state index contributed by atoms with van der Waals surface area (Å²) in [5, 5.41) is 8.96. The van der Waals surface area contributed by atoms with Crippen LogP contribution in [0.1, 0.15) is 23.7 Å². The summed E-state index contributed by atoms with van der Waals surface area (Å²) in [6.45, 7) is 4.76. The Kier molecular flexibility index (Phi) is 5.58. The van der Waals surface area contributed by atoms with Crippen molar-refractivity contribution >= 4 is 11.8 Å². The number of carboxylic acid groups (broad SMARTS) is 1. The number of aromatic carboxylic acids is 1. The maximum atomic E-state index is 10.9. The molecule has 0 aliphatic rings. The van der Waals surface area contributed by atoms with Gasteiger partial charge in [0.15, 0.2) is 0 Å². The van der Waals surface area contributed by atoms with Crippen LogP contribution >= 0.6 is 0 Å². The molecule has 0 aliphatic carbocycles. The van der Waals surface area contributed by atoms with Gasteiger partial charge in [-0.25, -0.2) is 9.78 Å². The lowest BCUT2D eigenvalue weighted by atomic mass is 10.2. The van der Waals surface area contributed by atoms with E-state index in [0.29, 0.717) is 0 Å². The van der Waals surface area contributed by atoms with Crippen LogP contribution < -0.4 is 4.90 Å². The van der Waals surface area contributed by atoms with Crippen molar-refractivity contribution in [2.45, 2.75) is 13.3 Å². The Labute approximate surface area is 108 Å². The SMILES string of the molecule is CCN(CCCN(C)C)c1cc(C(=O)O)ccn1. The third kappa shape index (κ3) is 4.33. The van der Waals surface area contributed by atoms with Gasteiger partial charge in [0.1, 0.15) is 5.82 Å². The fourth-order valence-corrected chi connectivity index (χ4v) is 1.74. The van der Waals surface area contributed by atoms with E-state index in [1.807, 2.05) is 21.0 Å². The van der Waals surface area contributed by atoms with Crippen molar-refractivity contribution in [3.8, 4) is 0 Å². The van der Waals surface area contributed by atoms with Crippen molar-refractivity contribution < 1.29 is 9.90 Å². The smallest absolute Gasteiger partial charge is 0.335 e. The molecule has 0 fully saturated rings. The van der Waals surface area contributed by atoms with Gasteiger partial charge in [-0.05, 0) is 46.1 Å². The summed E-state index contributed by atoms with van der Waals surface area (Å²) in [4.78, 5) is 19.4. The molecule has 0 amide bonds. The summed E-state index contributed by atoms with van der Waals surface area (Å²) >= 11 is 0. The van der Waals surface area contributed by atoms with Crippen LogP contribution in [0.4, 0.5) is 5.82 Å². The van der Waals surface area contributed by atoms with Gasteiger partial charge in [-0.2, -0.15) is 0 Å². The van der Waals surface area contributed by atoms with Gasteiger partial charge < -0.3 is 14.9 Å². The van der Waals surface area contributed by atoms with E-state index in [4.69, 9.17) is 5.11 Å². The number of pyridine rings is 1. The van der Waals surface area contributed by atoms with Gasteiger partial charge in [-0.1, -0.05) is 0 Å². The molecule has 1 N–H and O–H groups in total. The fraction of sp³-hybridized carbons (Fsp3) is 0.538. The van der Waals surface area contributed by atoms with Crippen LogP contribution in [0.15, 0.2) is 18.3 Å². The number of anilines is 1. The van der Waals surface area contributed by atoms with Gasteiger partial charge in [0.05, 0.1) is 5.56 Å². The standard InChI is InChI=1S/C13H21N3O2/c1-4-16(9-5-8-15(2)3)12-10-11(13(17)18)6-7-14-12/h6-7,10H,4-5,8-9H2,1-3H3,(H,17,18). The minimum Gasteiger partial charge on any atom is -0.478 e. The van der Waals surface area contributed by atoms with Crippen molar-refractivity contribution in [3.63, 3.8) is 0 Å². The second-order valence-corrected chi connectivity index (χ2v) is 4.44. The van der Waals surface area contributed by atoms with Crippen LogP contribution in [0.25, 0.3) is 0 Å². The average Bonchev–Trinajstić information content (AvgIpc) is 2.34. The lowest BCUT2D eigenvalue weighted by Gasteiger charge is -2.23. The zero-order chi connectivity index (χ0) is 13.5. The fourth-order valence-electron chi connectivity index (χ4n) is 1.74. The van der Waals surface area contributed by atoms with Gasteiger partial charge in [-0.15, -0.1) is 0 Å². The van der Waals surface area contributed by atoms with Crippen LogP contribution in [0, 0.1) is 0 Å². The van der Waals surface area contributed by atoms with E-state index < -0.39 is 5.97 Å². The monoisotopic (exact) mass is 251 g/mol. The van der Waals surface area contributed by atoms with Crippen LogP contribution in [0.3, 0.4) is 0 Å². The predicted molar refractivity (Wildman–Crippen MR) is 72.3 cm³/mol. The van der Waals surface area contributed by atoms with Crippen LogP contribution in [0.2, 0.25) is 0 Å². The molecule has 1 rings (SSSR count). The van der Waals surface area contributed by atoms with Crippen LogP contribution in [0.5, 0.6) is 0 Å².